The molecule has 0 radical (unpaired) electrons. The van der Waals surface area contributed by atoms with E-state index in [1.807, 2.05) is 0 Å². The molecule has 0 amide bonds. The highest BCUT2D eigenvalue weighted by atomic mass is 14.9. The fourth-order valence-electron chi connectivity index (χ4n) is 1.57. The Morgan fingerprint density at radius 1 is 1.27 bits per heavy atom. The van der Waals surface area contributed by atoms with Gasteiger partial charge in [-0.2, -0.15) is 0 Å². The molecule has 0 aliphatic carbocycles. The highest BCUT2D eigenvalue weighted by molar-refractivity contribution is 5.19. The maximum atomic E-state index is 3.43. The first-order valence-electron chi connectivity index (χ1n) is 4.41. The second kappa shape index (κ2) is 2.98. The summed E-state index contributed by atoms with van der Waals surface area (Å²) in [5, 5.41) is 3.43. The number of allylic oxidation sites excluding steroid dienone is 1. The molecule has 1 aliphatic heterocycles. The molecule has 0 saturated carbocycles. The Morgan fingerprint density at radius 2 is 1.91 bits per heavy atom. The zero-order valence-electron chi connectivity index (χ0n) is 8.12. The molecule has 11 heavy (non-hydrogen) atoms. The van der Waals surface area contributed by atoms with Crippen molar-refractivity contribution in [1.82, 2.24) is 5.32 Å². The molecule has 0 aromatic carbocycles. The fraction of sp³-hybridized carbons (Fsp3) is 0.800. The van der Waals surface area contributed by atoms with Crippen molar-refractivity contribution in [3.8, 4) is 0 Å². The Labute approximate surface area is 69.9 Å². The minimum atomic E-state index is 0.410. The van der Waals surface area contributed by atoms with Gasteiger partial charge >= 0.3 is 0 Å². The van der Waals surface area contributed by atoms with E-state index in [9.17, 15) is 0 Å². The van der Waals surface area contributed by atoms with Crippen LogP contribution < -0.4 is 5.32 Å². The van der Waals surface area contributed by atoms with Crippen molar-refractivity contribution in [2.75, 3.05) is 13.1 Å². The molecule has 64 valence electrons. The third-order valence-electron chi connectivity index (χ3n) is 2.97. The molecule has 1 heterocycles. The number of hydrogen-bond acceptors (Lipinski definition) is 1. The summed E-state index contributed by atoms with van der Waals surface area (Å²) < 4.78 is 0. The van der Waals surface area contributed by atoms with E-state index in [4.69, 9.17) is 0 Å². The van der Waals surface area contributed by atoms with Crippen molar-refractivity contribution in [2.24, 2.45) is 5.41 Å². The Morgan fingerprint density at radius 3 is 2.55 bits per heavy atom. The van der Waals surface area contributed by atoms with Gasteiger partial charge < -0.3 is 5.32 Å². The molecule has 0 unspecified atom stereocenters. The third-order valence-corrected chi connectivity index (χ3v) is 2.97. The van der Waals surface area contributed by atoms with E-state index in [1.165, 1.54) is 12.0 Å². The molecular formula is C10H19N. The maximum absolute atomic E-state index is 3.43. The van der Waals surface area contributed by atoms with Crippen LogP contribution in [0.15, 0.2) is 11.1 Å². The van der Waals surface area contributed by atoms with Gasteiger partial charge in [-0.1, -0.05) is 25.0 Å². The van der Waals surface area contributed by atoms with Gasteiger partial charge in [0.25, 0.3) is 0 Å². The van der Waals surface area contributed by atoms with E-state index < -0.39 is 0 Å². The highest BCUT2D eigenvalue weighted by Crippen LogP contribution is 2.32. The number of nitrogens with one attached hydrogen (secondary N) is 1. The van der Waals surface area contributed by atoms with Gasteiger partial charge in [-0.25, -0.2) is 0 Å². The second-order valence-electron chi connectivity index (χ2n) is 4.22. The van der Waals surface area contributed by atoms with Crippen LogP contribution in [0.1, 0.15) is 34.1 Å². The van der Waals surface area contributed by atoms with Crippen LogP contribution >= 0.6 is 0 Å². The van der Waals surface area contributed by atoms with Crippen LogP contribution in [-0.2, 0) is 0 Å². The monoisotopic (exact) mass is 153 g/mol. The predicted molar refractivity (Wildman–Crippen MR) is 49.6 cm³/mol. The molecule has 0 atom stereocenters. The minimum absolute atomic E-state index is 0.410. The van der Waals surface area contributed by atoms with Crippen molar-refractivity contribution in [2.45, 2.75) is 34.1 Å². The topological polar surface area (TPSA) is 12.0 Å². The van der Waals surface area contributed by atoms with E-state index in [2.05, 4.69) is 33.0 Å². The van der Waals surface area contributed by atoms with Gasteiger partial charge in [0, 0.05) is 6.54 Å². The predicted octanol–water partition coefficient (Wildman–Crippen LogP) is 2.34. The van der Waals surface area contributed by atoms with E-state index in [0.717, 1.165) is 13.1 Å². The van der Waals surface area contributed by atoms with Gasteiger partial charge in [-0.3, -0.25) is 0 Å². The molecule has 0 aromatic rings. The molecule has 1 rings (SSSR count). The van der Waals surface area contributed by atoms with Crippen LogP contribution in [0.2, 0.25) is 0 Å². The van der Waals surface area contributed by atoms with Crippen LogP contribution in [-0.4, -0.2) is 13.1 Å². The lowest BCUT2D eigenvalue weighted by Crippen LogP contribution is -2.18. The Kier molecular flexibility index (Phi) is 2.38. The molecule has 1 N–H and O–H groups in total. The molecule has 0 spiro atoms. The summed E-state index contributed by atoms with van der Waals surface area (Å²) in [6, 6.07) is 0. The summed E-state index contributed by atoms with van der Waals surface area (Å²) in [4.78, 5) is 0. The van der Waals surface area contributed by atoms with Crippen LogP contribution in [0, 0.1) is 5.41 Å². The largest absolute Gasteiger partial charge is 0.313 e. The molecule has 0 bridgehead atoms. The first-order chi connectivity index (χ1) is 5.04. The summed E-state index contributed by atoms with van der Waals surface area (Å²) in [5.41, 5.74) is 3.50. The summed E-state index contributed by atoms with van der Waals surface area (Å²) in [6.45, 7) is 11.4. The van der Waals surface area contributed by atoms with E-state index >= 15 is 0 Å². The van der Waals surface area contributed by atoms with Crippen molar-refractivity contribution >= 4 is 0 Å². The first-order valence-corrected chi connectivity index (χ1v) is 4.41. The van der Waals surface area contributed by atoms with Gasteiger partial charge in [-0.05, 0) is 32.2 Å². The van der Waals surface area contributed by atoms with Crippen molar-refractivity contribution in [3.05, 3.63) is 11.1 Å². The quantitative estimate of drug-likeness (QED) is 0.527. The average molecular weight is 153 g/mol. The van der Waals surface area contributed by atoms with Gasteiger partial charge in [0.1, 0.15) is 0 Å². The van der Waals surface area contributed by atoms with E-state index in [-0.39, 0.29) is 0 Å². The lowest BCUT2D eigenvalue weighted by Gasteiger charge is -2.24. The Bertz CT molecular complexity index is 177. The molecule has 0 saturated heterocycles. The lowest BCUT2D eigenvalue weighted by molar-refractivity contribution is 0.409. The zero-order valence-corrected chi connectivity index (χ0v) is 8.12. The molecule has 1 heteroatoms. The SMILES string of the molecule is CC1=C(C)C(C)(C)CCNC1. The first kappa shape index (κ1) is 8.79. The lowest BCUT2D eigenvalue weighted by atomic mass is 9.80. The van der Waals surface area contributed by atoms with Gasteiger partial charge in [0.05, 0.1) is 0 Å². The van der Waals surface area contributed by atoms with Crippen molar-refractivity contribution < 1.29 is 0 Å². The molecular weight excluding hydrogens is 134 g/mol. The maximum Gasteiger partial charge on any atom is 0.0164 e. The smallest absolute Gasteiger partial charge is 0.0164 e. The van der Waals surface area contributed by atoms with E-state index in [1.54, 1.807) is 5.57 Å². The van der Waals surface area contributed by atoms with Gasteiger partial charge in [-0.15, -0.1) is 0 Å². The summed E-state index contributed by atoms with van der Waals surface area (Å²) >= 11 is 0. The molecule has 0 aromatic heterocycles. The third kappa shape index (κ3) is 1.84. The van der Waals surface area contributed by atoms with Gasteiger partial charge in [0.15, 0.2) is 0 Å². The number of hydrogen-bond donors (Lipinski definition) is 1. The van der Waals surface area contributed by atoms with E-state index in [0.29, 0.717) is 5.41 Å². The Hall–Kier alpha value is -0.300. The van der Waals surface area contributed by atoms with Crippen molar-refractivity contribution in [3.63, 3.8) is 0 Å². The van der Waals surface area contributed by atoms with Crippen LogP contribution in [0.25, 0.3) is 0 Å². The zero-order chi connectivity index (χ0) is 8.48. The molecule has 1 aliphatic rings. The van der Waals surface area contributed by atoms with Crippen LogP contribution in [0.4, 0.5) is 0 Å². The molecule has 1 nitrogen and oxygen atoms in total. The van der Waals surface area contributed by atoms with Gasteiger partial charge in [0.2, 0.25) is 0 Å². The van der Waals surface area contributed by atoms with Crippen molar-refractivity contribution in [1.29, 1.82) is 0 Å². The summed E-state index contributed by atoms with van der Waals surface area (Å²) in [7, 11) is 0. The number of rotatable bonds is 0. The summed E-state index contributed by atoms with van der Waals surface area (Å²) in [5.74, 6) is 0. The fourth-order valence-corrected chi connectivity index (χ4v) is 1.57. The second-order valence-corrected chi connectivity index (χ2v) is 4.22. The highest BCUT2D eigenvalue weighted by Gasteiger charge is 2.23. The summed E-state index contributed by atoms with van der Waals surface area (Å²) in [6.07, 6.45) is 1.26. The normalized spacial score (nSPS) is 25.1. The molecule has 0 fully saturated rings. The Balaban J connectivity index is 2.88. The average Bonchev–Trinajstić information content (AvgIpc) is 2.03. The standard InChI is InChI=1S/C10H19N/c1-8-7-11-6-5-10(3,4)9(8)2/h11H,5-7H2,1-4H3. The minimum Gasteiger partial charge on any atom is -0.313 e. The van der Waals surface area contributed by atoms with Crippen LogP contribution in [0.5, 0.6) is 0 Å². The van der Waals surface area contributed by atoms with Crippen LogP contribution in [0.3, 0.4) is 0 Å².